The number of para-hydroxylation sites is 1. The van der Waals surface area contributed by atoms with Crippen LogP contribution in [0.2, 0.25) is 0 Å². The van der Waals surface area contributed by atoms with Gasteiger partial charge in [-0.1, -0.05) is 47.7 Å². The molecule has 0 unspecified atom stereocenters. The smallest absolute Gasteiger partial charge is 0.121 e. The van der Waals surface area contributed by atoms with Crippen LogP contribution >= 0.6 is 0 Å². The summed E-state index contributed by atoms with van der Waals surface area (Å²) in [6.45, 7) is 5.06. The highest BCUT2D eigenvalue weighted by molar-refractivity contribution is 5.87. The average molecular weight is 290 g/mol. The number of anilines is 1. The molecule has 0 saturated carbocycles. The van der Waals surface area contributed by atoms with Gasteiger partial charge in [0, 0.05) is 29.4 Å². The molecule has 0 saturated heterocycles. The second kappa shape index (κ2) is 4.98. The molecule has 4 heteroatoms. The molecular weight excluding hydrogens is 272 g/mol. The molecule has 2 heterocycles. The molecule has 2 aromatic carbocycles. The number of hydrogen-bond acceptors (Lipinski definition) is 3. The maximum Gasteiger partial charge on any atom is 0.121 e. The third-order valence-electron chi connectivity index (χ3n) is 4.11. The Bertz CT molecular complexity index is 833. The lowest BCUT2D eigenvalue weighted by atomic mass is 9.96. The number of nitrogens with zero attached hydrogens (tertiary/aromatic N) is 3. The third kappa shape index (κ3) is 1.91. The molecular formula is C18H18N4. The molecule has 1 aliphatic heterocycles. The van der Waals surface area contributed by atoms with Gasteiger partial charge in [0.05, 0.1) is 5.69 Å². The van der Waals surface area contributed by atoms with E-state index in [0.717, 1.165) is 34.7 Å². The molecule has 0 aliphatic carbocycles. The van der Waals surface area contributed by atoms with Gasteiger partial charge in [0.1, 0.15) is 5.69 Å². The summed E-state index contributed by atoms with van der Waals surface area (Å²) in [5, 5.41) is 12.5. The first-order valence-electron chi connectivity index (χ1n) is 7.62. The van der Waals surface area contributed by atoms with E-state index in [-0.39, 0.29) is 6.04 Å². The minimum absolute atomic E-state index is 0.260. The molecule has 0 atom stereocenters. The first-order chi connectivity index (χ1) is 10.8. The highest BCUT2D eigenvalue weighted by atomic mass is 15.4. The fourth-order valence-corrected chi connectivity index (χ4v) is 3.03. The van der Waals surface area contributed by atoms with Crippen molar-refractivity contribution in [3.63, 3.8) is 0 Å². The summed E-state index contributed by atoms with van der Waals surface area (Å²) >= 11 is 0. The maximum atomic E-state index is 4.51. The van der Waals surface area contributed by atoms with Gasteiger partial charge in [-0.05, 0) is 25.5 Å². The van der Waals surface area contributed by atoms with Gasteiger partial charge in [-0.15, -0.1) is 5.10 Å². The van der Waals surface area contributed by atoms with Gasteiger partial charge >= 0.3 is 0 Å². The second-order valence-corrected chi connectivity index (χ2v) is 5.88. The SMILES string of the molecule is CC(C)n1nnc2c1-c1ccccc1NCc1ccccc1-2. The van der Waals surface area contributed by atoms with Crippen LogP contribution in [-0.2, 0) is 6.54 Å². The lowest BCUT2D eigenvalue weighted by Crippen LogP contribution is -2.09. The van der Waals surface area contributed by atoms with Crippen molar-refractivity contribution in [2.45, 2.75) is 26.4 Å². The monoisotopic (exact) mass is 290 g/mol. The number of aromatic nitrogens is 3. The molecule has 0 radical (unpaired) electrons. The molecule has 110 valence electrons. The van der Waals surface area contributed by atoms with Gasteiger partial charge < -0.3 is 5.32 Å². The third-order valence-corrected chi connectivity index (χ3v) is 4.11. The molecule has 0 fully saturated rings. The van der Waals surface area contributed by atoms with E-state index < -0.39 is 0 Å². The Morgan fingerprint density at radius 2 is 1.73 bits per heavy atom. The van der Waals surface area contributed by atoms with Crippen LogP contribution in [0.5, 0.6) is 0 Å². The van der Waals surface area contributed by atoms with Crippen molar-refractivity contribution in [3.05, 3.63) is 54.1 Å². The van der Waals surface area contributed by atoms with E-state index in [9.17, 15) is 0 Å². The number of fused-ring (bicyclic) bond motifs is 5. The number of rotatable bonds is 1. The Morgan fingerprint density at radius 1 is 1.00 bits per heavy atom. The summed E-state index contributed by atoms with van der Waals surface area (Å²) in [5.74, 6) is 0. The number of hydrogen-bond donors (Lipinski definition) is 1. The average Bonchev–Trinajstić information content (AvgIpc) is 2.96. The van der Waals surface area contributed by atoms with Crippen LogP contribution in [0.4, 0.5) is 5.69 Å². The van der Waals surface area contributed by atoms with Crippen molar-refractivity contribution in [3.8, 4) is 22.5 Å². The zero-order valence-electron chi connectivity index (χ0n) is 12.7. The van der Waals surface area contributed by atoms with Gasteiger partial charge in [-0.2, -0.15) is 0 Å². The Balaban J connectivity index is 2.08. The van der Waals surface area contributed by atoms with Gasteiger partial charge in [0.25, 0.3) is 0 Å². The Kier molecular flexibility index (Phi) is 2.96. The van der Waals surface area contributed by atoms with E-state index in [4.69, 9.17) is 0 Å². The van der Waals surface area contributed by atoms with E-state index in [0.29, 0.717) is 0 Å². The summed E-state index contributed by atoms with van der Waals surface area (Å²) in [4.78, 5) is 0. The predicted molar refractivity (Wildman–Crippen MR) is 88.6 cm³/mol. The lowest BCUT2D eigenvalue weighted by molar-refractivity contribution is 0.519. The molecule has 3 aromatic rings. The van der Waals surface area contributed by atoms with Crippen molar-refractivity contribution in [1.82, 2.24) is 15.0 Å². The molecule has 0 spiro atoms. The second-order valence-electron chi connectivity index (χ2n) is 5.88. The van der Waals surface area contributed by atoms with Crippen LogP contribution in [0, 0.1) is 0 Å². The van der Waals surface area contributed by atoms with E-state index >= 15 is 0 Å². The minimum Gasteiger partial charge on any atom is -0.380 e. The highest BCUT2D eigenvalue weighted by Crippen LogP contribution is 2.39. The topological polar surface area (TPSA) is 42.7 Å². The maximum absolute atomic E-state index is 4.51. The van der Waals surface area contributed by atoms with Crippen LogP contribution in [0.25, 0.3) is 22.5 Å². The Hall–Kier alpha value is -2.62. The van der Waals surface area contributed by atoms with E-state index in [1.807, 2.05) is 4.68 Å². The molecule has 4 rings (SSSR count). The lowest BCUT2D eigenvalue weighted by Gasteiger charge is -2.20. The van der Waals surface area contributed by atoms with Gasteiger partial charge in [-0.3, -0.25) is 0 Å². The molecule has 4 nitrogen and oxygen atoms in total. The van der Waals surface area contributed by atoms with Crippen molar-refractivity contribution < 1.29 is 0 Å². The van der Waals surface area contributed by atoms with Crippen molar-refractivity contribution in [2.24, 2.45) is 0 Å². The Morgan fingerprint density at radius 3 is 2.55 bits per heavy atom. The number of nitrogens with one attached hydrogen (secondary N) is 1. The summed E-state index contributed by atoms with van der Waals surface area (Å²) in [6, 6.07) is 17.0. The normalized spacial score (nSPS) is 12.7. The van der Waals surface area contributed by atoms with Crippen molar-refractivity contribution >= 4 is 5.69 Å². The quantitative estimate of drug-likeness (QED) is 0.733. The van der Waals surface area contributed by atoms with Crippen LogP contribution in [0.3, 0.4) is 0 Å². The van der Waals surface area contributed by atoms with Crippen LogP contribution in [0.15, 0.2) is 48.5 Å². The van der Waals surface area contributed by atoms with E-state index in [1.165, 1.54) is 5.56 Å². The van der Waals surface area contributed by atoms with Gasteiger partial charge in [0.15, 0.2) is 0 Å². The van der Waals surface area contributed by atoms with Crippen LogP contribution in [0.1, 0.15) is 25.5 Å². The molecule has 1 aliphatic rings. The fourth-order valence-electron chi connectivity index (χ4n) is 3.03. The molecule has 22 heavy (non-hydrogen) atoms. The summed E-state index contributed by atoms with van der Waals surface area (Å²) < 4.78 is 2.01. The van der Waals surface area contributed by atoms with Gasteiger partial charge in [-0.25, -0.2) is 4.68 Å². The molecule has 0 amide bonds. The molecule has 1 N–H and O–H groups in total. The summed E-state index contributed by atoms with van der Waals surface area (Å²) in [6.07, 6.45) is 0. The van der Waals surface area contributed by atoms with Crippen molar-refractivity contribution in [1.29, 1.82) is 0 Å². The van der Waals surface area contributed by atoms with Crippen LogP contribution in [-0.4, -0.2) is 15.0 Å². The largest absolute Gasteiger partial charge is 0.380 e. The summed E-state index contributed by atoms with van der Waals surface area (Å²) in [5.41, 5.74) is 6.75. The van der Waals surface area contributed by atoms with Crippen molar-refractivity contribution in [2.75, 3.05) is 5.32 Å². The fraction of sp³-hybridized carbons (Fsp3) is 0.222. The van der Waals surface area contributed by atoms with Gasteiger partial charge in [0.2, 0.25) is 0 Å². The first kappa shape index (κ1) is 13.1. The highest BCUT2D eigenvalue weighted by Gasteiger charge is 2.23. The zero-order valence-corrected chi connectivity index (χ0v) is 12.7. The predicted octanol–water partition coefficient (Wildman–Crippen LogP) is 4.12. The zero-order chi connectivity index (χ0) is 15.1. The first-order valence-corrected chi connectivity index (χ1v) is 7.62. The standard InChI is InChI=1S/C18H18N4/c1-12(2)22-18-15-9-5-6-10-16(15)19-11-13-7-3-4-8-14(13)17(18)20-21-22/h3-10,12,19H,11H2,1-2H3. The van der Waals surface area contributed by atoms with E-state index in [2.05, 4.69) is 78.0 Å². The summed E-state index contributed by atoms with van der Waals surface area (Å²) in [7, 11) is 0. The Labute approximate surface area is 129 Å². The van der Waals surface area contributed by atoms with E-state index in [1.54, 1.807) is 0 Å². The van der Waals surface area contributed by atoms with Crippen LogP contribution < -0.4 is 5.32 Å². The molecule has 0 bridgehead atoms. The molecule has 1 aromatic heterocycles. The minimum atomic E-state index is 0.260. The number of benzene rings is 2.